The van der Waals surface area contributed by atoms with Crippen LogP contribution in [0.25, 0.3) is 22.2 Å². The highest BCUT2D eigenvalue weighted by atomic mass is 32.1. The molecule has 4 rings (SSSR count). The fourth-order valence-corrected chi connectivity index (χ4v) is 3.55. The van der Waals surface area contributed by atoms with Crippen molar-refractivity contribution in [2.75, 3.05) is 11.9 Å². The van der Waals surface area contributed by atoms with Crippen LogP contribution in [-0.2, 0) is 4.79 Å². The lowest BCUT2D eigenvalue weighted by Crippen LogP contribution is -2.20. The molecule has 32 heavy (non-hydrogen) atoms. The van der Waals surface area contributed by atoms with Crippen molar-refractivity contribution in [1.29, 1.82) is 0 Å². The number of carbonyl (C=O) groups excluding carboxylic acids is 1. The molecule has 4 aromatic rings. The zero-order chi connectivity index (χ0) is 22.7. The predicted octanol–water partition coefficient (Wildman–Crippen LogP) is 4.23. The highest BCUT2D eigenvalue weighted by Gasteiger charge is 2.18. The molecule has 0 unspecified atom stereocenters. The number of carbonyl (C=O) groups is 1. The van der Waals surface area contributed by atoms with Gasteiger partial charge in [0, 0.05) is 17.7 Å². The minimum absolute atomic E-state index is 0.0730. The highest BCUT2D eigenvalue weighted by molar-refractivity contribution is 7.19. The molecule has 0 bridgehead atoms. The summed E-state index contributed by atoms with van der Waals surface area (Å²) in [5.41, 5.74) is 1.10. The maximum Gasteiger partial charge on any atom is 0.270 e. The lowest BCUT2D eigenvalue weighted by atomic mass is 10.2. The summed E-state index contributed by atoms with van der Waals surface area (Å²) in [6, 6.07) is 11.1. The topological polar surface area (TPSA) is 133 Å². The van der Waals surface area contributed by atoms with Gasteiger partial charge in [0.15, 0.2) is 11.7 Å². The molecule has 0 saturated heterocycles. The fourth-order valence-electron chi connectivity index (χ4n) is 2.65. The zero-order valence-electron chi connectivity index (χ0n) is 16.4. The van der Waals surface area contributed by atoms with E-state index in [1.807, 2.05) is 0 Å². The van der Waals surface area contributed by atoms with Gasteiger partial charge in [0.25, 0.3) is 17.5 Å². The molecule has 0 radical (unpaired) electrons. The number of benzene rings is 2. The molecular weight excluding hydrogens is 441 g/mol. The molecule has 0 spiro atoms. The number of anilines is 1. The number of aromatic nitrogens is 3. The lowest BCUT2D eigenvalue weighted by molar-refractivity contribution is -0.384. The number of nitrogens with one attached hydrogen (secondary N) is 1. The maximum absolute atomic E-state index is 13.1. The normalized spacial score (nSPS) is 10.7. The van der Waals surface area contributed by atoms with E-state index in [1.165, 1.54) is 36.4 Å². The van der Waals surface area contributed by atoms with E-state index in [1.54, 1.807) is 19.1 Å². The number of nitrogens with zero attached hydrogens (tertiary/aromatic N) is 4. The van der Waals surface area contributed by atoms with Gasteiger partial charge in [-0.15, -0.1) is 0 Å². The summed E-state index contributed by atoms with van der Waals surface area (Å²) in [6.07, 6.45) is 0. The smallest absolute Gasteiger partial charge is 0.270 e. The van der Waals surface area contributed by atoms with Crippen LogP contribution < -0.4 is 10.1 Å². The summed E-state index contributed by atoms with van der Waals surface area (Å²) in [6.45, 7) is 1.43. The monoisotopic (exact) mass is 455 g/mol. The Morgan fingerprint density at radius 1 is 1.19 bits per heavy atom. The number of non-ortho nitro benzene ring substituents is 1. The first-order valence-corrected chi connectivity index (χ1v) is 9.95. The van der Waals surface area contributed by atoms with Gasteiger partial charge in [-0.25, -0.2) is 9.37 Å². The van der Waals surface area contributed by atoms with Crippen LogP contribution in [0.2, 0.25) is 0 Å². The van der Waals surface area contributed by atoms with Crippen LogP contribution in [0.15, 0.2) is 53.1 Å². The quantitative estimate of drug-likeness (QED) is 0.323. The van der Waals surface area contributed by atoms with Crippen LogP contribution in [0, 0.1) is 22.9 Å². The maximum atomic E-state index is 13.1. The van der Waals surface area contributed by atoms with Gasteiger partial charge in [0.2, 0.25) is 5.82 Å². The lowest BCUT2D eigenvalue weighted by Gasteiger charge is -2.05. The largest absolute Gasteiger partial charge is 0.484 e. The minimum Gasteiger partial charge on any atom is -0.484 e. The van der Waals surface area contributed by atoms with Crippen LogP contribution in [0.5, 0.6) is 5.75 Å². The van der Waals surface area contributed by atoms with Crippen molar-refractivity contribution in [1.82, 2.24) is 15.1 Å². The molecule has 12 heteroatoms. The second-order valence-electron chi connectivity index (χ2n) is 6.45. The molecule has 1 N–H and O–H groups in total. The first-order valence-electron chi connectivity index (χ1n) is 9.13. The van der Waals surface area contributed by atoms with Gasteiger partial charge >= 0.3 is 0 Å². The number of halogens is 1. The molecule has 162 valence electrons. The first kappa shape index (κ1) is 21.1. The number of amides is 1. The Kier molecular flexibility index (Phi) is 5.85. The Labute approximate surface area is 183 Å². The van der Waals surface area contributed by atoms with Crippen molar-refractivity contribution in [3.8, 4) is 27.9 Å². The van der Waals surface area contributed by atoms with E-state index >= 15 is 0 Å². The second-order valence-corrected chi connectivity index (χ2v) is 7.45. The molecule has 2 aromatic carbocycles. The summed E-state index contributed by atoms with van der Waals surface area (Å²) in [7, 11) is 0. The van der Waals surface area contributed by atoms with Gasteiger partial charge < -0.3 is 9.26 Å². The number of nitro benzene ring substituents is 1. The SMILES string of the molecule is Cc1nc(NC(=O)COc2ccc([N+](=O)[O-])cc2)sc1-c1nc(-c2ccc(F)cc2)no1. The summed E-state index contributed by atoms with van der Waals surface area (Å²) in [5.74, 6) is 0.0210. The number of thiazole rings is 1. The van der Waals surface area contributed by atoms with Crippen molar-refractivity contribution in [3.63, 3.8) is 0 Å². The third kappa shape index (κ3) is 4.75. The molecule has 0 fully saturated rings. The number of aryl methyl sites for hydroxylation is 1. The van der Waals surface area contributed by atoms with Crippen LogP contribution in [0.1, 0.15) is 5.69 Å². The third-order valence-corrected chi connectivity index (χ3v) is 5.24. The van der Waals surface area contributed by atoms with Crippen molar-refractivity contribution < 1.29 is 23.4 Å². The number of hydrogen-bond acceptors (Lipinski definition) is 9. The van der Waals surface area contributed by atoms with E-state index in [-0.39, 0.29) is 24.0 Å². The molecule has 10 nitrogen and oxygen atoms in total. The minimum atomic E-state index is -0.523. The summed E-state index contributed by atoms with van der Waals surface area (Å²) in [4.78, 5) is 31.5. The molecule has 0 saturated carbocycles. The van der Waals surface area contributed by atoms with Gasteiger partial charge in [-0.1, -0.05) is 16.5 Å². The van der Waals surface area contributed by atoms with E-state index in [0.29, 0.717) is 32.8 Å². The van der Waals surface area contributed by atoms with Gasteiger partial charge in [0.05, 0.1) is 10.6 Å². The molecule has 0 aliphatic carbocycles. The Morgan fingerprint density at radius 2 is 1.91 bits per heavy atom. The van der Waals surface area contributed by atoms with Gasteiger partial charge in [-0.3, -0.25) is 20.2 Å². The van der Waals surface area contributed by atoms with E-state index in [2.05, 4.69) is 20.4 Å². The van der Waals surface area contributed by atoms with E-state index < -0.39 is 10.8 Å². The average Bonchev–Trinajstić information content (AvgIpc) is 3.39. The van der Waals surface area contributed by atoms with Crippen LogP contribution >= 0.6 is 11.3 Å². The average molecular weight is 455 g/mol. The standard InChI is InChI=1S/C20H14FN5O5S/c1-11-17(19-24-18(25-31-19)12-2-4-13(21)5-3-12)32-20(22-11)23-16(27)10-30-15-8-6-14(7-9-15)26(28)29/h2-9H,10H2,1H3,(H,22,23,27). The number of nitro groups is 1. The van der Waals surface area contributed by atoms with Gasteiger partial charge in [-0.2, -0.15) is 4.98 Å². The summed E-state index contributed by atoms with van der Waals surface area (Å²) < 4.78 is 23.7. The first-order chi connectivity index (χ1) is 15.4. The van der Waals surface area contributed by atoms with E-state index in [4.69, 9.17) is 9.26 Å². The highest BCUT2D eigenvalue weighted by Crippen LogP contribution is 2.32. The summed E-state index contributed by atoms with van der Waals surface area (Å²) >= 11 is 1.15. The van der Waals surface area contributed by atoms with Crippen molar-refractivity contribution in [3.05, 3.63) is 70.2 Å². The Balaban J connectivity index is 1.39. The van der Waals surface area contributed by atoms with Crippen LogP contribution in [0.4, 0.5) is 15.2 Å². The summed E-state index contributed by atoms with van der Waals surface area (Å²) in [5, 5.41) is 17.5. The van der Waals surface area contributed by atoms with Gasteiger partial charge in [0.1, 0.15) is 16.4 Å². The molecule has 0 aliphatic rings. The second kappa shape index (κ2) is 8.89. The predicted molar refractivity (Wildman–Crippen MR) is 113 cm³/mol. The number of ether oxygens (including phenoxy) is 1. The number of rotatable bonds is 7. The van der Waals surface area contributed by atoms with Crippen molar-refractivity contribution in [2.24, 2.45) is 0 Å². The van der Waals surface area contributed by atoms with Crippen molar-refractivity contribution in [2.45, 2.75) is 6.92 Å². The zero-order valence-corrected chi connectivity index (χ0v) is 17.3. The number of hydrogen-bond donors (Lipinski definition) is 1. The van der Waals surface area contributed by atoms with E-state index in [0.717, 1.165) is 11.3 Å². The Bertz CT molecular complexity index is 1270. The molecule has 0 aliphatic heterocycles. The third-order valence-electron chi connectivity index (χ3n) is 4.18. The molecule has 2 aromatic heterocycles. The van der Waals surface area contributed by atoms with E-state index in [9.17, 15) is 19.3 Å². The Hall–Kier alpha value is -4.19. The Morgan fingerprint density at radius 3 is 2.59 bits per heavy atom. The van der Waals surface area contributed by atoms with Crippen LogP contribution in [0.3, 0.4) is 0 Å². The molecular formula is C20H14FN5O5S. The van der Waals surface area contributed by atoms with Gasteiger partial charge in [-0.05, 0) is 43.3 Å². The fraction of sp³-hybridized carbons (Fsp3) is 0.100. The molecule has 0 atom stereocenters. The molecule has 2 heterocycles. The molecule has 1 amide bonds. The van der Waals surface area contributed by atoms with Crippen LogP contribution in [-0.4, -0.2) is 32.6 Å². The van der Waals surface area contributed by atoms with Crippen molar-refractivity contribution >= 4 is 28.1 Å².